The monoisotopic (exact) mass is 589 g/mol. The van der Waals surface area contributed by atoms with Gasteiger partial charge in [0.05, 0.1) is 0 Å². The van der Waals surface area contributed by atoms with E-state index in [-0.39, 0.29) is 11.4 Å². The van der Waals surface area contributed by atoms with E-state index in [1.54, 1.807) is 0 Å². The fraction of sp³-hybridized carbons (Fsp3) is 0.816. The standard InChI is InChI=1S/C38H68O4/c1-5-7-9-11-13-15-17-19-21-22-24-26-28-30-32-35(38(41)42-37(40)34(3)4)36(39)33-31-29-27-25-23-20-18-16-14-12-10-8-6-2/h19,21,35H,3,5-18,20,22-33H2,1-2,4H3/b21-19-. The molecule has 4 nitrogen and oxygen atoms in total. The van der Waals surface area contributed by atoms with Crippen LogP contribution in [0.3, 0.4) is 0 Å². The number of Topliss-reactive ketones (excluding diaryl/α,β-unsaturated/α-hetero) is 1. The summed E-state index contributed by atoms with van der Waals surface area (Å²) in [5.74, 6) is -2.33. The number of hydrogen-bond acceptors (Lipinski definition) is 4. The lowest BCUT2D eigenvalue weighted by Gasteiger charge is -2.14. The van der Waals surface area contributed by atoms with E-state index in [0.717, 1.165) is 51.4 Å². The molecule has 0 aliphatic carbocycles. The Morgan fingerprint density at radius 2 is 0.952 bits per heavy atom. The first kappa shape index (κ1) is 40.3. The van der Waals surface area contributed by atoms with Gasteiger partial charge in [-0.3, -0.25) is 9.59 Å². The predicted octanol–water partition coefficient (Wildman–Crippen LogP) is 11.9. The Labute approximate surface area is 260 Å². The molecule has 1 atom stereocenters. The lowest BCUT2D eigenvalue weighted by atomic mass is 9.93. The molecule has 0 aliphatic heterocycles. The zero-order valence-electron chi connectivity index (χ0n) is 28.2. The summed E-state index contributed by atoms with van der Waals surface area (Å²) in [6, 6.07) is 0. The van der Waals surface area contributed by atoms with Gasteiger partial charge in [-0.15, -0.1) is 0 Å². The molecule has 0 radical (unpaired) electrons. The molecule has 1 unspecified atom stereocenters. The van der Waals surface area contributed by atoms with E-state index in [1.807, 2.05) is 0 Å². The van der Waals surface area contributed by atoms with Crippen LogP contribution in [0.25, 0.3) is 0 Å². The Hall–Kier alpha value is -1.71. The number of carbonyl (C=O) groups is 3. The highest BCUT2D eigenvalue weighted by Crippen LogP contribution is 2.19. The van der Waals surface area contributed by atoms with Gasteiger partial charge in [0, 0.05) is 12.0 Å². The molecule has 0 aromatic carbocycles. The lowest BCUT2D eigenvalue weighted by Crippen LogP contribution is -2.28. The van der Waals surface area contributed by atoms with Gasteiger partial charge < -0.3 is 4.74 Å². The highest BCUT2D eigenvalue weighted by molar-refractivity contribution is 6.04. The largest absolute Gasteiger partial charge is 0.389 e. The molecular formula is C38H68O4. The molecule has 0 N–H and O–H groups in total. The van der Waals surface area contributed by atoms with E-state index in [9.17, 15) is 14.4 Å². The highest BCUT2D eigenvalue weighted by atomic mass is 16.6. The van der Waals surface area contributed by atoms with Crippen molar-refractivity contribution in [2.45, 2.75) is 194 Å². The Kier molecular flexibility index (Phi) is 29.5. The zero-order chi connectivity index (χ0) is 31.1. The minimum Gasteiger partial charge on any atom is -0.389 e. The molecule has 0 spiro atoms. The maximum atomic E-state index is 13.0. The first-order chi connectivity index (χ1) is 20.4. The van der Waals surface area contributed by atoms with Crippen molar-refractivity contribution < 1.29 is 19.1 Å². The van der Waals surface area contributed by atoms with E-state index < -0.39 is 17.9 Å². The molecule has 0 heterocycles. The van der Waals surface area contributed by atoms with E-state index in [4.69, 9.17) is 4.74 Å². The van der Waals surface area contributed by atoms with Crippen molar-refractivity contribution in [3.8, 4) is 0 Å². The Morgan fingerprint density at radius 3 is 1.38 bits per heavy atom. The van der Waals surface area contributed by atoms with Gasteiger partial charge in [-0.1, -0.05) is 161 Å². The van der Waals surface area contributed by atoms with E-state index in [2.05, 4.69) is 32.6 Å². The summed E-state index contributed by atoms with van der Waals surface area (Å²) in [7, 11) is 0. The average molecular weight is 589 g/mol. The van der Waals surface area contributed by atoms with Crippen molar-refractivity contribution in [3.05, 3.63) is 24.3 Å². The van der Waals surface area contributed by atoms with Crippen LogP contribution >= 0.6 is 0 Å². The van der Waals surface area contributed by atoms with E-state index in [0.29, 0.717) is 12.8 Å². The minimum atomic E-state index is -0.831. The molecule has 0 rings (SSSR count). The number of hydrogen-bond donors (Lipinski definition) is 0. The summed E-state index contributed by atoms with van der Waals surface area (Å²) in [5, 5.41) is 0. The molecule has 0 aliphatic rings. The molecule has 0 saturated heterocycles. The second kappa shape index (κ2) is 30.7. The maximum Gasteiger partial charge on any atom is 0.340 e. The first-order valence-corrected chi connectivity index (χ1v) is 18.0. The van der Waals surface area contributed by atoms with Crippen molar-refractivity contribution >= 4 is 17.7 Å². The molecule has 244 valence electrons. The van der Waals surface area contributed by atoms with Crippen LogP contribution in [0, 0.1) is 5.92 Å². The molecule has 0 saturated carbocycles. The fourth-order valence-corrected chi connectivity index (χ4v) is 5.39. The number of ketones is 1. The Morgan fingerprint density at radius 1 is 0.571 bits per heavy atom. The van der Waals surface area contributed by atoms with Crippen LogP contribution in [-0.4, -0.2) is 17.7 Å². The quantitative estimate of drug-likeness (QED) is 0.0266. The van der Waals surface area contributed by atoms with Crippen LogP contribution in [-0.2, 0) is 19.1 Å². The van der Waals surface area contributed by atoms with Gasteiger partial charge in [-0.2, -0.15) is 0 Å². The summed E-state index contributed by atoms with van der Waals surface area (Å²) in [6.07, 6.45) is 36.0. The minimum absolute atomic E-state index is 0.0739. The van der Waals surface area contributed by atoms with Gasteiger partial charge in [0.25, 0.3) is 0 Å². The first-order valence-electron chi connectivity index (χ1n) is 18.0. The molecule has 42 heavy (non-hydrogen) atoms. The number of rotatable bonds is 31. The van der Waals surface area contributed by atoms with Crippen molar-refractivity contribution in [1.29, 1.82) is 0 Å². The van der Waals surface area contributed by atoms with E-state index in [1.165, 1.54) is 116 Å². The molecule has 4 heteroatoms. The number of ether oxygens (including phenoxy) is 1. The normalized spacial score (nSPS) is 12.1. The second-order valence-corrected chi connectivity index (χ2v) is 12.5. The summed E-state index contributed by atoms with van der Waals surface area (Å²) in [6.45, 7) is 9.58. The summed E-state index contributed by atoms with van der Waals surface area (Å²) < 4.78 is 4.98. The fourth-order valence-electron chi connectivity index (χ4n) is 5.39. The molecule has 0 aromatic rings. The maximum absolute atomic E-state index is 13.0. The summed E-state index contributed by atoms with van der Waals surface area (Å²) in [4.78, 5) is 37.5. The van der Waals surface area contributed by atoms with E-state index >= 15 is 0 Å². The van der Waals surface area contributed by atoms with Gasteiger partial charge in [0.2, 0.25) is 0 Å². The summed E-state index contributed by atoms with van der Waals surface area (Å²) >= 11 is 0. The molecule has 0 bridgehead atoms. The van der Waals surface area contributed by atoms with Crippen LogP contribution in [0.4, 0.5) is 0 Å². The Bertz CT molecular complexity index is 708. The third-order valence-corrected chi connectivity index (χ3v) is 8.25. The summed E-state index contributed by atoms with van der Waals surface area (Å²) in [5.41, 5.74) is 0.176. The molecule has 0 amide bonds. The van der Waals surface area contributed by atoms with Crippen molar-refractivity contribution in [3.63, 3.8) is 0 Å². The highest BCUT2D eigenvalue weighted by Gasteiger charge is 2.29. The van der Waals surface area contributed by atoms with Crippen molar-refractivity contribution in [1.82, 2.24) is 0 Å². The molecule has 0 aromatic heterocycles. The Balaban J connectivity index is 4.15. The van der Waals surface area contributed by atoms with Crippen molar-refractivity contribution in [2.75, 3.05) is 0 Å². The average Bonchev–Trinajstić information content (AvgIpc) is 2.97. The zero-order valence-corrected chi connectivity index (χ0v) is 28.2. The van der Waals surface area contributed by atoms with Crippen molar-refractivity contribution in [2.24, 2.45) is 5.92 Å². The van der Waals surface area contributed by atoms with Crippen LogP contribution in [0.1, 0.15) is 194 Å². The number of esters is 2. The smallest absolute Gasteiger partial charge is 0.340 e. The molecule has 0 fully saturated rings. The third-order valence-electron chi connectivity index (χ3n) is 8.25. The van der Waals surface area contributed by atoms with Gasteiger partial charge in [0.1, 0.15) is 11.7 Å². The van der Waals surface area contributed by atoms with Crippen LogP contribution in [0.2, 0.25) is 0 Å². The van der Waals surface area contributed by atoms with Gasteiger partial charge in [-0.05, 0) is 45.4 Å². The van der Waals surface area contributed by atoms with Gasteiger partial charge >= 0.3 is 11.9 Å². The predicted molar refractivity (Wildman–Crippen MR) is 180 cm³/mol. The number of allylic oxidation sites excluding steroid dienone is 2. The number of carbonyl (C=O) groups excluding carboxylic acids is 3. The second-order valence-electron chi connectivity index (χ2n) is 12.5. The van der Waals surface area contributed by atoms with Crippen LogP contribution in [0.5, 0.6) is 0 Å². The third kappa shape index (κ3) is 26.0. The topological polar surface area (TPSA) is 60.4 Å². The van der Waals surface area contributed by atoms with Crippen LogP contribution in [0.15, 0.2) is 24.3 Å². The van der Waals surface area contributed by atoms with Gasteiger partial charge in [-0.25, -0.2) is 4.79 Å². The SMILES string of the molecule is C=C(C)C(=O)OC(=O)C(CCCCCC/C=C\CCCCCCCC)C(=O)CCCCCCCCCCCCCCC. The molecular weight excluding hydrogens is 520 g/mol. The van der Waals surface area contributed by atoms with Gasteiger partial charge in [0.15, 0.2) is 0 Å². The number of unbranched alkanes of at least 4 members (excludes halogenated alkanes) is 22. The van der Waals surface area contributed by atoms with Crippen LogP contribution < -0.4 is 0 Å². The lowest BCUT2D eigenvalue weighted by molar-refractivity contribution is -0.161.